The van der Waals surface area contributed by atoms with Gasteiger partial charge >= 0.3 is 0 Å². The second-order valence-electron chi connectivity index (χ2n) is 7.61. The Morgan fingerprint density at radius 1 is 1.06 bits per heavy atom. The molecule has 9 heteroatoms. The van der Waals surface area contributed by atoms with Crippen molar-refractivity contribution in [3.05, 3.63) is 106 Å². The standard InChI is InChI=1S/C27H21FN4O3S/c1-34-24-14-20(9-12-23(24)35-17-19-7-10-22(28)11-8-19)13-21(16-29)26(33)30-27-32-31-25(36-27)15-18-5-3-2-4-6-18/h2-14H,15,17H2,1H3,(H,30,32,33)/b21-13-. The summed E-state index contributed by atoms with van der Waals surface area (Å²) in [6, 6.07) is 22.8. The number of aromatic nitrogens is 2. The van der Waals surface area contributed by atoms with Crippen molar-refractivity contribution in [3.8, 4) is 17.6 Å². The maximum atomic E-state index is 13.1. The third kappa shape index (κ3) is 6.52. The number of nitriles is 1. The SMILES string of the molecule is COc1cc(/C=C(/C#N)C(=O)Nc2nnc(Cc3ccccc3)s2)ccc1OCc1ccc(F)cc1. The van der Waals surface area contributed by atoms with E-state index in [1.807, 2.05) is 36.4 Å². The Bertz CT molecular complexity index is 1410. The third-order valence-corrected chi connectivity index (χ3v) is 5.90. The van der Waals surface area contributed by atoms with Crippen molar-refractivity contribution in [1.29, 1.82) is 5.26 Å². The van der Waals surface area contributed by atoms with Gasteiger partial charge in [-0.1, -0.05) is 59.9 Å². The molecule has 36 heavy (non-hydrogen) atoms. The number of carbonyl (C=O) groups is 1. The second kappa shape index (κ2) is 11.7. The summed E-state index contributed by atoms with van der Waals surface area (Å²) in [4.78, 5) is 12.7. The van der Waals surface area contributed by atoms with Crippen molar-refractivity contribution in [1.82, 2.24) is 10.2 Å². The van der Waals surface area contributed by atoms with Crippen LogP contribution in [0.1, 0.15) is 21.7 Å². The second-order valence-corrected chi connectivity index (χ2v) is 8.67. The number of rotatable bonds is 9. The van der Waals surface area contributed by atoms with Gasteiger partial charge in [0.15, 0.2) is 11.5 Å². The molecule has 7 nitrogen and oxygen atoms in total. The Labute approximate surface area is 211 Å². The first-order chi connectivity index (χ1) is 17.5. The minimum Gasteiger partial charge on any atom is -0.493 e. The molecule has 0 unspecified atom stereocenters. The van der Waals surface area contributed by atoms with Crippen molar-refractivity contribution in [2.24, 2.45) is 0 Å². The smallest absolute Gasteiger partial charge is 0.268 e. The van der Waals surface area contributed by atoms with E-state index >= 15 is 0 Å². The lowest BCUT2D eigenvalue weighted by molar-refractivity contribution is -0.112. The number of ether oxygens (including phenoxy) is 2. The van der Waals surface area contributed by atoms with E-state index in [-0.39, 0.29) is 18.0 Å². The highest BCUT2D eigenvalue weighted by Gasteiger charge is 2.14. The van der Waals surface area contributed by atoms with Crippen molar-refractivity contribution in [2.45, 2.75) is 13.0 Å². The molecular weight excluding hydrogens is 479 g/mol. The Morgan fingerprint density at radius 2 is 1.83 bits per heavy atom. The average Bonchev–Trinajstić information content (AvgIpc) is 3.34. The van der Waals surface area contributed by atoms with E-state index in [1.54, 1.807) is 30.3 Å². The number of methoxy groups -OCH3 is 1. The molecular formula is C27H21FN4O3S. The van der Waals surface area contributed by atoms with Crippen molar-refractivity contribution in [2.75, 3.05) is 12.4 Å². The minimum absolute atomic E-state index is 0.100. The summed E-state index contributed by atoms with van der Waals surface area (Å²) in [7, 11) is 1.49. The molecule has 0 atom stereocenters. The normalized spacial score (nSPS) is 11.0. The molecule has 1 N–H and O–H groups in total. The molecule has 0 spiro atoms. The van der Waals surface area contributed by atoms with E-state index in [0.717, 1.165) is 16.1 Å². The van der Waals surface area contributed by atoms with Gasteiger partial charge in [0.05, 0.1) is 7.11 Å². The molecule has 1 heterocycles. The molecule has 4 aromatic rings. The Hall–Kier alpha value is -4.55. The first-order valence-electron chi connectivity index (χ1n) is 10.9. The van der Waals surface area contributed by atoms with Gasteiger partial charge in [-0.3, -0.25) is 10.1 Å². The number of anilines is 1. The van der Waals surface area contributed by atoms with Gasteiger partial charge in [-0.15, -0.1) is 10.2 Å². The van der Waals surface area contributed by atoms with E-state index in [4.69, 9.17) is 9.47 Å². The number of halogens is 1. The number of benzene rings is 3. The maximum Gasteiger partial charge on any atom is 0.268 e. The van der Waals surface area contributed by atoms with Crippen LogP contribution in [0.4, 0.5) is 9.52 Å². The van der Waals surface area contributed by atoms with Gasteiger partial charge in [0, 0.05) is 6.42 Å². The maximum absolute atomic E-state index is 13.1. The molecule has 0 aliphatic rings. The van der Waals surface area contributed by atoms with Gasteiger partial charge in [-0.25, -0.2) is 4.39 Å². The highest BCUT2D eigenvalue weighted by atomic mass is 32.1. The lowest BCUT2D eigenvalue weighted by Crippen LogP contribution is -2.13. The summed E-state index contributed by atoms with van der Waals surface area (Å²) in [6.45, 7) is 0.228. The Morgan fingerprint density at radius 3 is 2.56 bits per heavy atom. The zero-order chi connectivity index (χ0) is 25.3. The van der Waals surface area contributed by atoms with E-state index in [2.05, 4.69) is 15.5 Å². The monoisotopic (exact) mass is 500 g/mol. The van der Waals surface area contributed by atoms with Crippen molar-refractivity contribution < 1.29 is 18.7 Å². The summed E-state index contributed by atoms with van der Waals surface area (Å²) >= 11 is 1.25. The Balaban J connectivity index is 1.42. The molecule has 4 rings (SSSR count). The molecule has 1 amide bonds. The molecule has 0 aliphatic heterocycles. The van der Waals surface area contributed by atoms with Gasteiger partial charge in [-0.2, -0.15) is 5.26 Å². The number of hydrogen-bond donors (Lipinski definition) is 1. The van der Waals surface area contributed by atoms with Crippen molar-refractivity contribution in [3.63, 3.8) is 0 Å². The minimum atomic E-state index is -0.587. The van der Waals surface area contributed by atoms with Crippen LogP contribution in [-0.2, 0) is 17.8 Å². The highest BCUT2D eigenvalue weighted by Crippen LogP contribution is 2.30. The molecule has 180 valence electrons. The fourth-order valence-corrected chi connectivity index (χ4v) is 4.03. The highest BCUT2D eigenvalue weighted by molar-refractivity contribution is 7.15. The van der Waals surface area contributed by atoms with Gasteiger partial charge in [0.2, 0.25) is 5.13 Å². The zero-order valence-corrected chi connectivity index (χ0v) is 20.1. The molecule has 0 bridgehead atoms. The predicted molar refractivity (Wildman–Crippen MR) is 135 cm³/mol. The summed E-state index contributed by atoms with van der Waals surface area (Å²) in [5.41, 5.74) is 2.36. The van der Waals surface area contributed by atoms with E-state index in [9.17, 15) is 14.4 Å². The van der Waals surface area contributed by atoms with Gasteiger partial charge in [0.25, 0.3) is 5.91 Å². The summed E-state index contributed by atoms with van der Waals surface area (Å²) in [6.07, 6.45) is 2.05. The number of hydrogen-bond acceptors (Lipinski definition) is 7. The lowest BCUT2D eigenvalue weighted by Gasteiger charge is -2.11. The fourth-order valence-electron chi connectivity index (χ4n) is 3.26. The molecule has 0 fully saturated rings. The third-order valence-electron chi connectivity index (χ3n) is 5.06. The van der Waals surface area contributed by atoms with Crippen LogP contribution in [0.3, 0.4) is 0 Å². The van der Waals surface area contributed by atoms with Crippen LogP contribution in [0.5, 0.6) is 11.5 Å². The Kier molecular flexibility index (Phi) is 8.01. The van der Waals surface area contributed by atoms with Crippen LogP contribution in [0.2, 0.25) is 0 Å². The average molecular weight is 501 g/mol. The van der Waals surface area contributed by atoms with Crippen LogP contribution in [0.15, 0.2) is 78.4 Å². The number of amides is 1. The van der Waals surface area contributed by atoms with Gasteiger partial charge in [-0.05, 0) is 47.0 Å². The summed E-state index contributed by atoms with van der Waals surface area (Å²) < 4.78 is 24.3. The molecule has 0 radical (unpaired) electrons. The molecule has 0 saturated carbocycles. The van der Waals surface area contributed by atoms with Crippen molar-refractivity contribution >= 4 is 28.5 Å². The number of nitrogens with one attached hydrogen (secondary N) is 1. The fraction of sp³-hybridized carbons (Fsp3) is 0.111. The molecule has 0 aliphatic carbocycles. The number of nitrogens with zero attached hydrogens (tertiary/aromatic N) is 3. The van der Waals surface area contributed by atoms with Crippen LogP contribution >= 0.6 is 11.3 Å². The topological polar surface area (TPSA) is 97.1 Å². The zero-order valence-electron chi connectivity index (χ0n) is 19.3. The van der Waals surface area contributed by atoms with E-state index in [1.165, 1.54) is 36.7 Å². The summed E-state index contributed by atoms with van der Waals surface area (Å²) in [5, 5.41) is 21.4. The lowest BCUT2D eigenvalue weighted by atomic mass is 10.1. The van der Waals surface area contributed by atoms with Gasteiger partial charge < -0.3 is 9.47 Å². The quantitative estimate of drug-likeness (QED) is 0.244. The van der Waals surface area contributed by atoms with Crippen LogP contribution in [-0.4, -0.2) is 23.2 Å². The predicted octanol–water partition coefficient (Wildman–Crippen LogP) is 5.40. The van der Waals surface area contributed by atoms with Crippen LogP contribution < -0.4 is 14.8 Å². The molecule has 3 aromatic carbocycles. The molecule has 0 saturated heterocycles. The van der Waals surface area contributed by atoms with E-state index in [0.29, 0.717) is 28.6 Å². The largest absolute Gasteiger partial charge is 0.493 e. The first kappa shape index (κ1) is 24.6. The molecule has 1 aromatic heterocycles. The van der Waals surface area contributed by atoms with Crippen LogP contribution in [0, 0.1) is 17.1 Å². The first-order valence-corrected chi connectivity index (χ1v) is 11.7. The summed E-state index contributed by atoms with van der Waals surface area (Å²) in [5.74, 6) is -0.000886. The van der Waals surface area contributed by atoms with Crippen LogP contribution in [0.25, 0.3) is 6.08 Å². The number of carbonyl (C=O) groups excluding carboxylic acids is 1. The van der Waals surface area contributed by atoms with Gasteiger partial charge in [0.1, 0.15) is 29.1 Å². The van der Waals surface area contributed by atoms with E-state index < -0.39 is 5.91 Å².